The number of hydrogen-bond donors (Lipinski definition) is 2. The molecule has 0 amide bonds. The van der Waals surface area contributed by atoms with Crippen molar-refractivity contribution < 1.29 is 14.6 Å². The van der Waals surface area contributed by atoms with Crippen molar-refractivity contribution in [2.45, 2.75) is 38.4 Å². The molecule has 0 saturated heterocycles. The molecule has 0 aliphatic heterocycles. The highest BCUT2D eigenvalue weighted by molar-refractivity contribution is 5.49. The molecular formula is C24H25N3O3. The number of aromatic nitrogens is 1. The van der Waals surface area contributed by atoms with Crippen LogP contribution in [0.15, 0.2) is 72.9 Å². The van der Waals surface area contributed by atoms with Crippen molar-refractivity contribution >= 4 is 5.82 Å². The number of nitrogens with two attached hydrogens (primary N) is 1. The fourth-order valence-corrected chi connectivity index (χ4v) is 3.12. The third-order valence-corrected chi connectivity index (χ3v) is 4.72. The molecule has 0 spiro atoms. The Morgan fingerprint density at radius 3 is 2.10 bits per heavy atom. The van der Waals surface area contributed by atoms with Crippen LogP contribution in [-0.4, -0.2) is 22.3 Å². The molecule has 3 N–H and O–H groups in total. The van der Waals surface area contributed by atoms with Gasteiger partial charge < -0.3 is 20.3 Å². The van der Waals surface area contributed by atoms with E-state index < -0.39 is 18.3 Å². The molecule has 1 heterocycles. The first kappa shape index (κ1) is 21.5. The molecule has 6 heteroatoms. The number of benzene rings is 2. The number of pyridine rings is 1. The van der Waals surface area contributed by atoms with Crippen molar-refractivity contribution in [3.63, 3.8) is 0 Å². The first-order valence-corrected chi connectivity index (χ1v) is 9.73. The fraction of sp³-hybridized carbons (Fsp3) is 0.250. The third-order valence-electron chi connectivity index (χ3n) is 4.72. The lowest BCUT2D eigenvalue weighted by molar-refractivity contribution is -0.130. The first-order chi connectivity index (χ1) is 14.6. The Morgan fingerprint density at radius 2 is 1.57 bits per heavy atom. The largest absolute Gasteiger partial charge is 0.391 e. The Bertz CT molecular complexity index is 972. The summed E-state index contributed by atoms with van der Waals surface area (Å²) >= 11 is 0. The topological polar surface area (TPSA) is 101 Å². The van der Waals surface area contributed by atoms with E-state index in [1.165, 1.54) is 0 Å². The van der Waals surface area contributed by atoms with Crippen LogP contribution in [0.2, 0.25) is 0 Å². The summed E-state index contributed by atoms with van der Waals surface area (Å²) in [4.78, 5) is 4.12. The standard InChI is InChI=1S/C24H25N3O3/c1-17(28)22(29-15-18-8-4-2-5-9-18)23(30-16-19-10-6-3-7-11-19)21-12-20(13-25)24(26)27-14-21/h2-12,14,17,22-23,28H,15-16H2,1H3,(H2,26,27)/t17-,22-,23-/m0/s1. The summed E-state index contributed by atoms with van der Waals surface area (Å²) in [5, 5.41) is 19.8. The molecule has 154 valence electrons. The number of anilines is 1. The summed E-state index contributed by atoms with van der Waals surface area (Å²) in [5.74, 6) is 0.155. The summed E-state index contributed by atoms with van der Waals surface area (Å²) in [6.45, 7) is 2.29. The third kappa shape index (κ3) is 5.65. The van der Waals surface area contributed by atoms with Crippen molar-refractivity contribution in [1.29, 1.82) is 5.26 Å². The minimum Gasteiger partial charge on any atom is -0.391 e. The van der Waals surface area contributed by atoms with E-state index in [1.54, 1.807) is 19.2 Å². The molecule has 0 radical (unpaired) electrons. The Balaban J connectivity index is 1.87. The Morgan fingerprint density at radius 1 is 1.00 bits per heavy atom. The van der Waals surface area contributed by atoms with E-state index in [9.17, 15) is 10.4 Å². The van der Waals surface area contributed by atoms with E-state index in [4.69, 9.17) is 15.2 Å². The van der Waals surface area contributed by atoms with Crippen LogP contribution in [0.1, 0.15) is 35.3 Å². The van der Waals surface area contributed by atoms with Gasteiger partial charge in [-0.05, 0) is 24.1 Å². The molecule has 0 bridgehead atoms. The van der Waals surface area contributed by atoms with Crippen LogP contribution in [0.5, 0.6) is 0 Å². The molecule has 3 atom stereocenters. The van der Waals surface area contributed by atoms with Crippen LogP contribution >= 0.6 is 0 Å². The highest BCUT2D eigenvalue weighted by Crippen LogP contribution is 2.29. The van der Waals surface area contributed by atoms with Gasteiger partial charge in [-0.25, -0.2) is 4.98 Å². The zero-order chi connectivity index (χ0) is 21.3. The fourth-order valence-electron chi connectivity index (χ4n) is 3.12. The average Bonchev–Trinajstić information content (AvgIpc) is 2.77. The van der Waals surface area contributed by atoms with Crippen molar-refractivity contribution in [2.24, 2.45) is 0 Å². The minimum atomic E-state index is -0.822. The van der Waals surface area contributed by atoms with Crippen LogP contribution in [0, 0.1) is 11.3 Å². The summed E-state index contributed by atoms with van der Waals surface area (Å²) < 4.78 is 12.3. The van der Waals surface area contributed by atoms with Gasteiger partial charge in [-0.3, -0.25) is 0 Å². The van der Waals surface area contributed by atoms with E-state index in [0.29, 0.717) is 18.8 Å². The Labute approximate surface area is 176 Å². The van der Waals surface area contributed by atoms with Crippen LogP contribution in [0.25, 0.3) is 0 Å². The molecule has 0 aliphatic rings. The number of aliphatic hydroxyl groups is 1. The molecule has 1 aromatic heterocycles. The van der Waals surface area contributed by atoms with Gasteiger partial charge in [0.05, 0.1) is 24.9 Å². The molecule has 2 aromatic carbocycles. The first-order valence-electron chi connectivity index (χ1n) is 9.73. The lowest BCUT2D eigenvalue weighted by Crippen LogP contribution is -2.34. The Kier molecular flexibility index (Phi) is 7.52. The van der Waals surface area contributed by atoms with Crippen molar-refractivity contribution in [3.05, 3.63) is 95.2 Å². The van der Waals surface area contributed by atoms with Gasteiger partial charge in [0.25, 0.3) is 0 Å². The maximum absolute atomic E-state index is 10.5. The van der Waals surface area contributed by atoms with Gasteiger partial charge in [0.1, 0.15) is 24.1 Å². The lowest BCUT2D eigenvalue weighted by atomic mass is 10.0. The van der Waals surface area contributed by atoms with Crippen LogP contribution in [0.4, 0.5) is 5.82 Å². The molecule has 6 nitrogen and oxygen atoms in total. The van der Waals surface area contributed by atoms with E-state index in [1.807, 2.05) is 66.7 Å². The highest BCUT2D eigenvalue weighted by Gasteiger charge is 2.30. The van der Waals surface area contributed by atoms with Gasteiger partial charge in [-0.2, -0.15) is 5.26 Å². The predicted molar refractivity (Wildman–Crippen MR) is 114 cm³/mol. The second-order valence-electron chi connectivity index (χ2n) is 7.03. The zero-order valence-electron chi connectivity index (χ0n) is 16.8. The lowest BCUT2D eigenvalue weighted by Gasteiger charge is -2.30. The van der Waals surface area contributed by atoms with Gasteiger partial charge in [0.15, 0.2) is 0 Å². The normalized spacial score (nSPS) is 13.9. The van der Waals surface area contributed by atoms with Crippen LogP contribution in [-0.2, 0) is 22.7 Å². The minimum absolute atomic E-state index is 0.155. The zero-order valence-corrected chi connectivity index (χ0v) is 16.8. The summed E-state index contributed by atoms with van der Waals surface area (Å²) in [5.41, 5.74) is 8.63. The SMILES string of the molecule is C[C@H](O)[C@H](OCc1ccccc1)[C@@H](OCc1ccccc1)c1cnc(N)c(C#N)c1. The molecule has 3 aromatic rings. The quantitative estimate of drug-likeness (QED) is 0.564. The summed E-state index contributed by atoms with van der Waals surface area (Å²) in [7, 11) is 0. The monoisotopic (exact) mass is 403 g/mol. The maximum atomic E-state index is 10.5. The average molecular weight is 403 g/mol. The number of hydrogen-bond acceptors (Lipinski definition) is 6. The smallest absolute Gasteiger partial charge is 0.141 e. The Hall–Kier alpha value is -3.24. The molecule has 0 aliphatic carbocycles. The van der Waals surface area contributed by atoms with Crippen LogP contribution < -0.4 is 5.73 Å². The van der Waals surface area contributed by atoms with Gasteiger partial charge in [-0.15, -0.1) is 0 Å². The molecule has 30 heavy (non-hydrogen) atoms. The van der Waals surface area contributed by atoms with Gasteiger partial charge in [-0.1, -0.05) is 60.7 Å². The van der Waals surface area contributed by atoms with Crippen molar-refractivity contribution in [3.8, 4) is 6.07 Å². The highest BCUT2D eigenvalue weighted by atomic mass is 16.5. The second kappa shape index (κ2) is 10.5. The molecule has 0 unspecified atom stereocenters. The maximum Gasteiger partial charge on any atom is 0.141 e. The van der Waals surface area contributed by atoms with Crippen molar-refractivity contribution in [2.75, 3.05) is 5.73 Å². The van der Waals surface area contributed by atoms with Crippen LogP contribution in [0.3, 0.4) is 0 Å². The number of nitrogen functional groups attached to an aromatic ring is 1. The number of nitrogens with zero attached hydrogens (tertiary/aromatic N) is 2. The number of rotatable bonds is 9. The van der Waals surface area contributed by atoms with Gasteiger partial charge in [0, 0.05) is 11.8 Å². The van der Waals surface area contributed by atoms with E-state index in [2.05, 4.69) is 4.98 Å². The molecule has 0 saturated carbocycles. The molecular weight excluding hydrogens is 378 g/mol. The molecule has 0 fully saturated rings. The predicted octanol–water partition coefficient (Wildman–Crippen LogP) is 3.76. The van der Waals surface area contributed by atoms with E-state index in [-0.39, 0.29) is 11.4 Å². The van der Waals surface area contributed by atoms with E-state index >= 15 is 0 Å². The number of ether oxygens (including phenoxy) is 2. The summed E-state index contributed by atoms with van der Waals surface area (Å²) in [6.07, 6.45) is -0.579. The van der Waals surface area contributed by atoms with Gasteiger partial charge >= 0.3 is 0 Å². The molecule has 3 rings (SSSR count). The second-order valence-corrected chi connectivity index (χ2v) is 7.03. The van der Waals surface area contributed by atoms with Gasteiger partial charge in [0.2, 0.25) is 0 Å². The van der Waals surface area contributed by atoms with Crippen molar-refractivity contribution in [1.82, 2.24) is 4.98 Å². The number of aliphatic hydroxyl groups excluding tert-OH is 1. The number of nitriles is 1. The summed E-state index contributed by atoms with van der Waals surface area (Å²) in [6, 6.07) is 23.1. The van der Waals surface area contributed by atoms with E-state index in [0.717, 1.165) is 11.1 Å².